The van der Waals surface area contributed by atoms with Crippen molar-refractivity contribution in [3.63, 3.8) is 0 Å². The Morgan fingerprint density at radius 1 is 0.867 bits per heavy atom. The van der Waals surface area contributed by atoms with E-state index in [1.54, 1.807) is 24.3 Å². The van der Waals surface area contributed by atoms with Gasteiger partial charge in [0.2, 0.25) is 0 Å². The maximum atomic E-state index is 13.1. The van der Waals surface area contributed by atoms with Gasteiger partial charge in [0.15, 0.2) is 42.2 Å². The van der Waals surface area contributed by atoms with Crippen LogP contribution in [0.15, 0.2) is 58.3 Å². The molecule has 0 aliphatic carbocycles. The Kier molecular flexibility index (Phi) is 12.2. The van der Waals surface area contributed by atoms with E-state index < -0.39 is 25.6 Å². The normalized spacial score (nSPS) is 16.5. The quantitative estimate of drug-likeness (QED) is 0.221. The van der Waals surface area contributed by atoms with Crippen molar-refractivity contribution in [1.82, 2.24) is 15.3 Å². The minimum atomic E-state index is -3.25. The third-order valence-corrected chi connectivity index (χ3v) is 10.7. The molecule has 1 aliphatic heterocycles. The second kappa shape index (κ2) is 15.1. The summed E-state index contributed by atoms with van der Waals surface area (Å²) in [6.07, 6.45) is 7.48. The summed E-state index contributed by atoms with van der Waals surface area (Å²) in [5, 5.41) is 3.01. The Hall–Kier alpha value is -2.97. The molecule has 45 heavy (non-hydrogen) atoms. The first-order chi connectivity index (χ1) is 20.6. The number of nitrogen functional groups attached to an aromatic ring is 2. The number of amides is 1. The number of aryl methyl sites for hydroxylation is 2. The van der Waals surface area contributed by atoms with Gasteiger partial charge in [0, 0.05) is 25.4 Å². The molecule has 15 heteroatoms. The highest BCUT2D eigenvalue weighted by Crippen LogP contribution is 2.24. The maximum Gasteiger partial charge on any atom is 0.274 e. The van der Waals surface area contributed by atoms with Crippen LogP contribution in [-0.2, 0) is 32.5 Å². The summed E-state index contributed by atoms with van der Waals surface area (Å²) in [5.41, 5.74) is 13.7. The number of nitrogens with zero attached hydrogens (tertiary/aromatic N) is 3. The highest BCUT2D eigenvalue weighted by Gasteiger charge is 2.35. The number of sulfone groups is 2. The van der Waals surface area contributed by atoms with Crippen molar-refractivity contribution in [2.24, 2.45) is 0 Å². The predicted molar refractivity (Wildman–Crippen MR) is 172 cm³/mol. The molecule has 2 heterocycles. The maximum absolute atomic E-state index is 13.1. The SMILES string of the molecule is CS(=O)(=O)c1ccc(CCC[N+]2(CCCc3ccc(S(C)(=O)=O)cc3)CCCC(NC(=O)c3nc(Cl)c(N)nc3N)C2)cc1.[Cl-]. The van der Waals surface area contributed by atoms with Gasteiger partial charge < -0.3 is 33.7 Å². The van der Waals surface area contributed by atoms with Crippen molar-refractivity contribution < 1.29 is 38.5 Å². The first kappa shape index (κ1) is 36.5. The number of piperidine rings is 1. The van der Waals surface area contributed by atoms with Gasteiger partial charge in [0.05, 0.1) is 42.0 Å². The monoisotopic (exact) mass is 698 g/mol. The standard InChI is InChI=1S/C30H39ClN6O5S2.ClH/c1-43(39,40)24-13-9-21(10-14-24)6-3-17-37(18-4-7-22-11-15-25(16-12-22)44(2,41)42)19-5-8-23(20-37)34-30(38)26-28(32)36-29(33)27(31)35-26;/h9-16,23H,3-8,17-20H2,1-2H3,(H4-,32,33,34,36,38);1H. The van der Waals surface area contributed by atoms with E-state index in [0.29, 0.717) is 9.79 Å². The molecule has 3 aromatic rings. The molecule has 1 amide bonds. The summed E-state index contributed by atoms with van der Waals surface area (Å²) in [5.74, 6) is -0.561. The van der Waals surface area contributed by atoms with Crippen LogP contribution in [0.4, 0.5) is 11.6 Å². The van der Waals surface area contributed by atoms with Gasteiger partial charge in [-0.25, -0.2) is 26.8 Å². The molecule has 2 aromatic carbocycles. The van der Waals surface area contributed by atoms with Gasteiger partial charge >= 0.3 is 0 Å². The first-order valence-corrected chi connectivity index (χ1v) is 18.6. The zero-order valence-corrected chi connectivity index (χ0v) is 28.5. The lowest BCUT2D eigenvalue weighted by molar-refractivity contribution is -0.933. The summed E-state index contributed by atoms with van der Waals surface area (Å²) in [4.78, 5) is 21.7. The summed E-state index contributed by atoms with van der Waals surface area (Å²) < 4.78 is 48.1. The number of benzene rings is 2. The lowest BCUT2D eigenvalue weighted by atomic mass is 9.99. The van der Waals surface area contributed by atoms with Gasteiger partial charge in [-0.2, -0.15) is 0 Å². The van der Waals surface area contributed by atoms with Crippen molar-refractivity contribution in [3.8, 4) is 0 Å². The number of carbonyl (C=O) groups excluding carboxylic acids is 1. The molecule has 0 radical (unpaired) electrons. The van der Waals surface area contributed by atoms with E-state index in [0.717, 1.165) is 80.3 Å². The van der Waals surface area contributed by atoms with Gasteiger partial charge in [0.25, 0.3) is 5.91 Å². The van der Waals surface area contributed by atoms with Crippen molar-refractivity contribution in [3.05, 3.63) is 70.5 Å². The lowest BCUT2D eigenvalue weighted by Crippen LogP contribution is -3.00. The number of likely N-dealkylation sites (tertiary alicyclic amines) is 1. The van der Waals surface area contributed by atoms with Crippen LogP contribution in [0.25, 0.3) is 0 Å². The van der Waals surface area contributed by atoms with E-state index in [9.17, 15) is 21.6 Å². The van der Waals surface area contributed by atoms with Crippen molar-refractivity contribution in [2.75, 3.05) is 50.2 Å². The molecular formula is C30H40Cl2N6O5S2. The number of carbonyl (C=O) groups is 1. The summed E-state index contributed by atoms with van der Waals surface area (Å²) in [7, 11) is -6.50. The Bertz CT molecular complexity index is 1620. The van der Waals surface area contributed by atoms with Crippen LogP contribution in [0.3, 0.4) is 0 Å². The molecule has 5 N–H and O–H groups in total. The molecule has 4 rings (SSSR count). The first-order valence-electron chi connectivity index (χ1n) is 14.5. The second-order valence-electron chi connectivity index (χ2n) is 11.7. The van der Waals surface area contributed by atoms with Crippen LogP contribution in [0.1, 0.15) is 47.3 Å². The number of aromatic nitrogens is 2. The third kappa shape index (κ3) is 10.0. The highest BCUT2D eigenvalue weighted by atomic mass is 35.5. The molecule has 246 valence electrons. The number of nitrogens with one attached hydrogen (secondary N) is 1. The number of rotatable bonds is 12. The lowest BCUT2D eigenvalue weighted by Gasteiger charge is -2.45. The minimum Gasteiger partial charge on any atom is -1.00 e. The molecule has 1 aliphatic rings. The van der Waals surface area contributed by atoms with Crippen molar-refractivity contribution in [1.29, 1.82) is 0 Å². The fraction of sp³-hybridized carbons (Fsp3) is 0.433. The smallest absolute Gasteiger partial charge is 0.274 e. The Morgan fingerprint density at radius 3 is 1.82 bits per heavy atom. The van der Waals surface area contributed by atoms with Gasteiger partial charge in [-0.05, 0) is 61.1 Å². The molecule has 1 fully saturated rings. The molecule has 0 spiro atoms. The zero-order chi connectivity index (χ0) is 32.1. The molecule has 1 aromatic heterocycles. The Morgan fingerprint density at radius 2 is 1.36 bits per heavy atom. The van der Waals surface area contributed by atoms with Gasteiger partial charge in [-0.3, -0.25) is 4.79 Å². The number of hydrogen-bond acceptors (Lipinski definition) is 9. The molecule has 11 nitrogen and oxygen atoms in total. The van der Waals surface area contributed by atoms with Crippen LogP contribution in [0, 0.1) is 0 Å². The van der Waals surface area contributed by atoms with Gasteiger partial charge in [-0.15, -0.1) is 0 Å². The van der Waals surface area contributed by atoms with Crippen LogP contribution in [-0.4, -0.2) is 81.9 Å². The van der Waals surface area contributed by atoms with Gasteiger partial charge in [-0.1, -0.05) is 35.9 Å². The van der Waals surface area contributed by atoms with E-state index in [-0.39, 0.29) is 40.9 Å². The molecule has 1 saturated heterocycles. The fourth-order valence-corrected chi connectivity index (χ4v) is 7.25. The minimum absolute atomic E-state index is 0. The highest BCUT2D eigenvalue weighted by molar-refractivity contribution is 7.91. The molecule has 1 atom stereocenters. The van der Waals surface area contributed by atoms with Crippen LogP contribution in [0.2, 0.25) is 5.15 Å². The average molecular weight is 700 g/mol. The van der Waals surface area contributed by atoms with Gasteiger partial charge in [0.1, 0.15) is 0 Å². The van der Waals surface area contributed by atoms with E-state index >= 15 is 0 Å². The molecule has 0 bridgehead atoms. The van der Waals surface area contributed by atoms with E-state index in [2.05, 4.69) is 15.3 Å². The predicted octanol–water partition coefficient (Wildman–Crippen LogP) is 0.0800. The van der Waals surface area contributed by atoms with Crippen molar-refractivity contribution >= 4 is 48.8 Å². The summed E-state index contributed by atoms with van der Waals surface area (Å²) >= 11 is 6.00. The van der Waals surface area contributed by atoms with E-state index in [1.807, 2.05) is 24.3 Å². The summed E-state index contributed by atoms with van der Waals surface area (Å²) in [6.45, 7) is 3.44. The van der Waals surface area contributed by atoms with Crippen LogP contribution in [0.5, 0.6) is 0 Å². The number of quaternary nitrogens is 1. The topological polar surface area (TPSA) is 175 Å². The largest absolute Gasteiger partial charge is 1.00 e. The Labute approximate surface area is 276 Å². The zero-order valence-electron chi connectivity index (χ0n) is 25.4. The van der Waals surface area contributed by atoms with Crippen LogP contribution >= 0.6 is 11.6 Å². The second-order valence-corrected chi connectivity index (χ2v) is 16.1. The fourth-order valence-electron chi connectivity index (χ4n) is 5.87. The van der Waals surface area contributed by atoms with E-state index in [4.69, 9.17) is 23.1 Å². The van der Waals surface area contributed by atoms with E-state index in [1.165, 1.54) is 12.5 Å². The number of nitrogens with two attached hydrogens (primary N) is 2. The summed E-state index contributed by atoms with van der Waals surface area (Å²) in [6, 6.07) is 13.9. The molecule has 0 saturated carbocycles. The third-order valence-electron chi connectivity index (χ3n) is 8.15. The number of halogens is 2. The molecular weight excluding hydrogens is 659 g/mol. The Balaban J connectivity index is 0.00000552. The number of hydrogen-bond donors (Lipinski definition) is 3. The average Bonchev–Trinajstić information content (AvgIpc) is 2.95. The molecule has 1 unspecified atom stereocenters. The van der Waals surface area contributed by atoms with Crippen molar-refractivity contribution in [2.45, 2.75) is 54.4 Å². The van der Waals surface area contributed by atoms with Crippen LogP contribution < -0.4 is 29.2 Å². The number of anilines is 2.